The standard InChI is InChI=1S/C14H18F3N3/c15-14(16,17)11-3-1-4-12(19-11)20-8-2-5-13(10-20)6-7-18-9-13/h1,3-4,18H,2,5-10H2. The second-order valence-electron chi connectivity index (χ2n) is 5.83. The molecule has 0 radical (unpaired) electrons. The fourth-order valence-electron chi connectivity index (χ4n) is 3.30. The quantitative estimate of drug-likeness (QED) is 0.860. The second kappa shape index (κ2) is 4.91. The average Bonchev–Trinajstić information content (AvgIpc) is 2.86. The van der Waals surface area contributed by atoms with Gasteiger partial charge in [0.2, 0.25) is 0 Å². The highest BCUT2D eigenvalue weighted by Crippen LogP contribution is 2.37. The first-order valence-corrected chi connectivity index (χ1v) is 6.99. The maximum absolute atomic E-state index is 12.7. The first-order valence-electron chi connectivity index (χ1n) is 6.99. The van der Waals surface area contributed by atoms with E-state index in [1.54, 1.807) is 6.07 Å². The molecule has 110 valence electrons. The van der Waals surface area contributed by atoms with Crippen LogP contribution in [0, 0.1) is 5.41 Å². The zero-order valence-electron chi connectivity index (χ0n) is 11.2. The fraction of sp³-hybridized carbons (Fsp3) is 0.643. The summed E-state index contributed by atoms with van der Waals surface area (Å²) in [4.78, 5) is 5.81. The van der Waals surface area contributed by atoms with Gasteiger partial charge < -0.3 is 10.2 Å². The van der Waals surface area contributed by atoms with E-state index in [0.717, 1.165) is 51.5 Å². The number of anilines is 1. The van der Waals surface area contributed by atoms with Gasteiger partial charge in [-0.3, -0.25) is 0 Å². The van der Waals surface area contributed by atoms with Gasteiger partial charge in [0.1, 0.15) is 11.5 Å². The number of aromatic nitrogens is 1. The summed E-state index contributed by atoms with van der Waals surface area (Å²) in [6.07, 6.45) is -1.12. The van der Waals surface area contributed by atoms with Crippen LogP contribution in [0.1, 0.15) is 25.0 Å². The first kappa shape index (κ1) is 13.7. The van der Waals surface area contributed by atoms with Gasteiger partial charge in [0.05, 0.1) is 0 Å². The third-order valence-corrected chi connectivity index (χ3v) is 4.34. The molecule has 2 saturated heterocycles. The fourth-order valence-corrected chi connectivity index (χ4v) is 3.30. The number of rotatable bonds is 1. The number of pyridine rings is 1. The highest BCUT2D eigenvalue weighted by Gasteiger charge is 2.39. The molecular formula is C14H18F3N3. The molecule has 0 bridgehead atoms. The minimum absolute atomic E-state index is 0.216. The van der Waals surface area contributed by atoms with E-state index in [2.05, 4.69) is 10.3 Å². The molecule has 2 aliphatic heterocycles. The maximum Gasteiger partial charge on any atom is 0.433 e. The average molecular weight is 285 g/mol. The van der Waals surface area contributed by atoms with Crippen molar-refractivity contribution in [1.29, 1.82) is 0 Å². The lowest BCUT2D eigenvalue weighted by Crippen LogP contribution is -2.45. The Morgan fingerprint density at radius 2 is 2.10 bits per heavy atom. The molecule has 1 spiro atoms. The van der Waals surface area contributed by atoms with Crippen LogP contribution in [0.2, 0.25) is 0 Å². The zero-order chi connectivity index (χ0) is 14.2. The Morgan fingerprint density at radius 3 is 2.80 bits per heavy atom. The Hall–Kier alpha value is -1.30. The predicted octanol–water partition coefficient (Wildman–Crippen LogP) is 2.68. The zero-order valence-corrected chi connectivity index (χ0v) is 11.2. The topological polar surface area (TPSA) is 28.2 Å². The number of nitrogens with one attached hydrogen (secondary N) is 1. The molecule has 2 aliphatic rings. The molecule has 1 N–H and O–H groups in total. The summed E-state index contributed by atoms with van der Waals surface area (Å²) in [6.45, 7) is 3.55. The molecule has 1 unspecified atom stereocenters. The summed E-state index contributed by atoms with van der Waals surface area (Å²) < 4.78 is 38.2. The molecule has 6 heteroatoms. The molecule has 20 heavy (non-hydrogen) atoms. The molecular weight excluding hydrogens is 267 g/mol. The minimum atomic E-state index is -4.38. The van der Waals surface area contributed by atoms with Gasteiger partial charge in [-0.25, -0.2) is 4.98 Å². The van der Waals surface area contributed by atoms with Crippen molar-refractivity contribution >= 4 is 5.82 Å². The molecule has 0 amide bonds. The van der Waals surface area contributed by atoms with Crippen LogP contribution in [0.15, 0.2) is 18.2 Å². The Bertz CT molecular complexity index is 481. The summed E-state index contributed by atoms with van der Waals surface area (Å²) >= 11 is 0. The summed E-state index contributed by atoms with van der Waals surface area (Å²) in [5, 5.41) is 3.36. The van der Waals surface area contributed by atoms with Crippen LogP contribution in [0.5, 0.6) is 0 Å². The molecule has 2 fully saturated rings. The van der Waals surface area contributed by atoms with E-state index in [-0.39, 0.29) is 5.41 Å². The lowest BCUT2D eigenvalue weighted by atomic mass is 9.79. The number of halogens is 3. The molecule has 0 aromatic carbocycles. The van der Waals surface area contributed by atoms with Crippen LogP contribution in [0.25, 0.3) is 0 Å². The Balaban J connectivity index is 1.82. The maximum atomic E-state index is 12.7. The van der Waals surface area contributed by atoms with Crippen LogP contribution in [0.3, 0.4) is 0 Å². The highest BCUT2D eigenvalue weighted by molar-refractivity contribution is 5.41. The third kappa shape index (κ3) is 2.61. The monoisotopic (exact) mass is 285 g/mol. The van der Waals surface area contributed by atoms with E-state index in [4.69, 9.17) is 0 Å². The van der Waals surface area contributed by atoms with Crippen molar-refractivity contribution in [3.05, 3.63) is 23.9 Å². The lowest BCUT2D eigenvalue weighted by molar-refractivity contribution is -0.141. The lowest BCUT2D eigenvalue weighted by Gasteiger charge is -2.40. The summed E-state index contributed by atoms with van der Waals surface area (Å²) in [7, 11) is 0. The van der Waals surface area contributed by atoms with E-state index in [1.165, 1.54) is 6.07 Å². The van der Waals surface area contributed by atoms with Gasteiger partial charge in [-0.2, -0.15) is 13.2 Å². The number of nitrogens with zero attached hydrogens (tertiary/aromatic N) is 2. The van der Waals surface area contributed by atoms with Crippen LogP contribution in [0.4, 0.5) is 19.0 Å². The van der Waals surface area contributed by atoms with Crippen LogP contribution in [-0.4, -0.2) is 31.2 Å². The SMILES string of the molecule is FC(F)(F)c1cccc(N2CCCC3(CCNC3)C2)n1. The first-order chi connectivity index (χ1) is 9.49. The van der Waals surface area contributed by atoms with E-state index in [9.17, 15) is 13.2 Å². The van der Waals surface area contributed by atoms with Gasteiger partial charge in [-0.1, -0.05) is 6.07 Å². The summed E-state index contributed by atoms with van der Waals surface area (Å²) in [5.74, 6) is 0.450. The molecule has 0 saturated carbocycles. The van der Waals surface area contributed by atoms with Crippen molar-refractivity contribution in [1.82, 2.24) is 10.3 Å². The van der Waals surface area contributed by atoms with Gasteiger partial charge in [0.25, 0.3) is 0 Å². The predicted molar refractivity (Wildman–Crippen MR) is 70.6 cm³/mol. The number of hydrogen-bond acceptors (Lipinski definition) is 3. The van der Waals surface area contributed by atoms with E-state index >= 15 is 0 Å². The molecule has 3 nitrogen and oxygen atoms in total. The van der Waals surface area contributed by atoms with Gasteiger partial charge in [-0.15, -0.1) is 0 Å². The van der Waals surface area contributed by atoms with Crippen molar-refractivity contribution in [3.8, 4) is 0 Å². The molecule has 1 aromatic rings. The number of piperidine rings is 1. The molecule has 0 aliphatic carbocycles. The largest absolute Gasteiger partial charge is 0.433 e. The van der Waals surface area contributed by atoms with Crippen LogP contribution >= 0.6 is 0 Å². The molecule has 1 aromatic heterocycles. The number of hydrogen-bond donors (Lipinski definition) is 1. The Labute approximate surface area is 116 Å². The highest BCUT2D eigenvalue weighted by atomic mass is 19.4. The summed E-state index contributed by atoms with van der Waals surface area (Å²) in [5.41, 5.74) is -0.590. The number of alkyl halides is 3. The van der Waals surface area contributed by atoms with Crippen LogP contribution in [-0.2, 0) is 6.18 Å². The van der Waals surface area contributed by atoms with Crippen molar-refractivity contribution in [3.63, 3.8) is 0 Å². The molecule has 1 atom stereocenters. The second-order valence-corrected chi connectivity index (χ2v) is 5.83. The minimum Gasteiger partial charge on any atom is -0.356 e. The molecule has 3 rings (SSSR count). The van der Waals surface area contributed by atoms with Gasteiger partial charge in [0.15, 0.2) is 0 Å². The van der Waals surface area contributed by atoms with E-state index < -0.39 is 11.9 Å². The van der Waals surface area contributed by atoms with Crippen molar-refractivity contribution < 1.29 is 13.2 Å². The van der Waals surface area contributed by atoms with Crippen LogP contribution < -0.4 is 10.2 Å². The Kier molecular flexibility index (Phi) is 3.36. The third-order valence-electron chi connectivity index (χ3n) is 4.34. The van der Waals surface area contributed by atoms with E-state index in [1.807, 2.05) is 4.90 Å². The summed E-state index contributed by atoms with van der Waals surface area (Å²) in [6, 6.07) is 4.15. The van der Waals surface area contributed by atoms with Crippen molar-refractivity contribution in [2.45, 2.75) is 25.4 Å². The molecule has 3 heterocycles. The van der Waals surface area contributed by atoms with E-state index in [0.29, 0.717) is 5.82 Å². The van der Waals surface area contributed by atoms with Gasteiger partial charge >= 0.3 is 6.18 Å². The normalized spacial score (nSPS) is 27.2. The Morgan fingerprint density at radius 1 is 1.25 bits per heavy atom. The smallest absolute Gasteiger partial charge is 0.356 e. The van der Waals surface area contributed by atoms with Gasteiger partial charge in [0, 0.05) is 25.0 Å². The van der Waals surface area contributed by atoms with Crippen molar-refractivity contribution in [2.75, 3.05) is 31.1 Å². The van der Waals surface area contributed by atoms with Crippen molar-refractivity contribution in [2.24, 2.45) is 5.41 Å². The van der Waals surface area contributed by atoms with Gasteiger partial charge in [-0.05, 0) is 37.9 Å².